The number of hydrogen-bond acceptors (Lipinski definition) is 6. The Morgan fingerprint density at radius 1 is 1.24 bits per heavy atom. The number of likely N-dealkylation sites (tertiary alicyclic amines) is 1. The molecule has 0 bridgehead atoms. The number of aliphatic hydroxyl groups excluding tert-OH is 1. The van der Waals surface area contributed by atoms with Gasteiger partial charge in [-0.25, -0.2) is 4.98 Å². The largest absolute Gasteiger partial charge is 0.394 e. The molecule has 1 aliphatic heterocycles. The van der Waals surface area contributed by atoms with Crippen LogP contribution in [0.1, 0.15) is 71.2 Å². The van der Waals surface area contributed by atoms with E-state index in [4.69, 9.17) is 0 Å². The van der Waals surface area contributed by atoms with Gasteiger partial charge >= 0.3 is 0 Å². The van der Waals surface area contributed by atoms with Gasteiger partial charge in [-0.1, -0.05) is 58.9 Å². The van der Waals surface area contributed by atoms with Crippen molar-refractivity contribution in [2.45, 2.75) is 72.9 Å². The standard InChI is InChI=1S/C23H31N3O3S.C2H6.CH5N/c1-15-21(30-14-24-15)17-9-7-16(8-10-17)18(13-27)25-22(29)19-6-5-11-26(19)20(28)12-23(2,3)4;2*1-2/h7-10,14,18-19,27H,5-6,11-13H2,1-4H3,(H,25,29);1-2H3;2H2,1H3. The smallest absolute Gasteiger partial charge is 0.243 e. The van der Waals surface area contributed by atoms with Crippen LogP contribution in [0.15, 0.2) is 29.8 Å². The molecule has 2 amide bonds. The number of nitrogens with zero attached hydrogens (tertiary/aromatic N) is 2. The second kappa shape index (κ2) is 14.2. The van der Waals surface area contributed by atoms with E-state index in [2.05, 4.69) is 16.0 Å². The Morgan fingerprint density at radius 2 is 1.85 bits per heavy atom. The molecule has 34 heavy (non-hydrogen) atoms. The van der Waals surface area contributed by atoms with Gasteiger partial charge in [-0.05, 0) is 43.4 Å². The van der Waals surface area contributed by atoms with Crippen LogP contribution in [0.2, 0.25) is 0 Å². The lowest BCUT2D eigenvalue weighted by molar-refractivity contribution is -0.140. The molecule has 4 N–H and O–H groups in total. The van der Waals surface area contributed by atoms with Crippen molar-refractivity contribution in [3.05, 3.63) is 41.0 Å². The van der Waals surface area contributed by atoms with E-state index in [1.165, 1.54) is 7.05 Å². The maximum Gasteiger partial charge on any atom is 0.243 e. The third-order valence-electron chi connectivity index (χ3n) is 5.38. The Labute approximate surface area is 208 Å². The van der Waals surface area contributed by atoms with Gasteiger partial charge in [0.2, 0.25) is 11.8 Å². The summed E-state index contributed by atoms with van der Waals surface area (Å²) in [6, 6.07) is 6.85. The van der Waals surface area contributed by atoms with Crippen molar-refractivity contribution in [1.82, 2.24) is 15.2 Å². The molecule has 2 atom stereocenters. The van der Waals surface area contributed by atoms with Crippen molar-refractivity contribution in [2.24, 2.45) is 11.1 Å². The average Bonchev–Trinajstić information content (AvgIpc) is 3.48. The van der Waals surface area contributed by atoms with E-state index in [1.54, 1.807) is 16.2 Å². The van der Waals surface area contributed by atoms with Gasteiger partial charge in [-0.15, -0.1) is 11.3 Å². The number of aliphatic hydroxyl groups is 1. The molecule has 0 spiro atoms. The van der Waals surface area contributed by atoms with Crippen molar-refractivity contribution in [1.29, 1.82) is 0 Å². The van der Waals surface area contributed by atoms with Crippen LogP contribution in [0.25, 0.3) is 10.4 Å². The Kier molecular flexibility index (Phi) is 12.4. The summed E-state index contributed by atoms with van der Waals surface area (Å²) in [6.45, 7) is 12.5. The first-order valence-electron chi connectivity index (χ1n) is 12.0. The quantitative estimate of drug-likeness (QED) is 0.560. The van der Waals surface area contributed by atoms with E-state index in [0.29, 0.717) is 19.4 Å². The maximum absolute atomic E-state index is 12.9. The number of hydrogen-bond donors (Lipinski definition) is 3. The fourth-order valence-electron chi connectivity index (χ4n) is 3.84. The summed E-state index contributed by atoms with van der Waals surface area (Å²) >= 11 is 1.59. The van der Waals surface area contributed by atoms with Gasteiger partial charge < -0.3 is 21.1 Å². The summed E-state index contributed by atoms with van der Waals surface area (Å²) in [7, 11) is 1.50. The number of carbonyl (C=O) groups is 2. The molecule has 0 aliphatic carbocycles. The third kappa shape index (κ3) is 8.18. The zero-order valence-electron chi connectivity index (χ0n) is 21.7. The van der Waals surface area contributed by atoms with Gasteiger partial charge in [-0.2, -0.15) is 0 Å². The summed E-state index contributed by atoms with van der Waals surface area (Å²) in [4.78, 5) is 32.7. The average molecular weight is 491 g/mol. The SMILES string of the molecule is CC.CN.Cc1ncsc1-c1ccc(C(CO)NC(=O)C2CCCN2C(=O)CC(C)(C)C)cc1. The van der Waals surface area contributed by atoms with Crippen LogP contribution in [0.3, 0.4) is 0 Å². The molecule has 2 aromatic rings. The van der Waals surface area contributed by atoms with E-state index < -0.39 is 12.1 Å². The number of nitrogens with two attached hydrogens (primary N) is 1. The van der Waals surface area contributed by atoms with Crippen LogP contribution >= 0.6 is 11.3 Å². The zero-order chi connectivity index (χ0) is 25.9. The molecule has 2 unspecified atom stereocenters. The van der Waals surface area contributed by atoms with Crippen LogP contribution in [0, 0.1) is 12.3 Å². The highest BCUT2D eigenvalue weighted by Crippen LogP contribution is 2.29. The van der Waals surface area contributed by atoms with Crippen molar-refractivity contribution < 1.29 is 14.7 Å². The second-order valence-corrected chi connectivity index (χ2v) is 9.97. The van der Waals surface area contributed by atoms with Crippen molar-refractivity contribution >= 4 is 23.2 Å². The van der Waals surface area contributed by atoms with E-state index in [9.17, 15) is 14.7 Å². The predicted molar refractivity (Wildman–Crippen MR) is 141 cm³/mol. The molecule has 1 aromatic heterocycles. The first-order valence-corrected chi connectivity index (χ1v) is 12.9. The number of amides is 2. The normalized spacial score (nSPS) is 16.0. The fraction of sp³-hybridized carbons (Fsp3) is 0.577. The molecule has 7 nitrogen and oxygen atoms in total. The summed E-state index contributed by atoms with van der Waals surface area (Å²) in [5, 5.41) is 12.8. The molecule has 1 aromatic carbocycles. The highest BCUT2D eigenvalue weighted by molar-refractivity contribution is 7.13. The number of rotatable bonds is 6. The Balaban J connectivity index is 0.00000137. The molecule has 0 radical (unpaired) electrons. The van der Waals surface area contributed by atoms with Gasteiger partial charge in [0.1, 0.15) is 6.04 Å². The minimum Gasteiger partial charge on any atom is -0.394 e. The lowest BCUT2D eigenvalue weighted by Gasteiger charge is -2.28. The Hall–Kier alpha value is -2.29. The van der Waals surface area contributed by atoms with Crippen LogP contribution in [-0.2, 0) is 9.59 Å². The van der Waals surface area contributed by atoms with Gasteiger partial charge in [0.15, 0.2) is 0 Å². The van der Waals surface area contributed by atoms with E-state index in [1.807, 2.05) is 71.3 Å². The summed E-state index contributed by atoms with van der Waals surface area (Å²) in [5.74, 6) is -0.179. The first kappa shape index (κ1) is 29.7. The molecule has 0 saturated carbocycles. The van der Waals surface area contributed by atoms with Crippen molar-refractivity contribution in [3.8, 4) is 10.4 Å². The molecular formula is C26H42N4O3S. The van der Waals surface area contributed by atoms with Crippen molar-refractivity contribution in [3.63, 3.8) is 0 Å². The minimum atomic E-state index is -0.505. The maximum atomic E-state index is 12.9. The number of aromatic nitrogens is 1. The van der Waals surface area contributed by atoms with Gasteiger partial charge in [0, 0.05) is 13.0 Å². The number of thiazole rings is 1. The molecule has 8 heteroatoms. The fourth-order valence-corrected chi connectivity index (χ4v) is 4.65. The Bertz CT molecular complexity index is 890. The number of carbonyl (C=O) groups excluding carboxylic acids is 2. The van der Waals surface area contributed by atoms with Crippen LogP contribution < -0.4 is 11.1 Å². The first-order chi connectivity index (χ1) is 16.2. The number of benzene rings is 1. The topological polar surface area (TPSA) is 109 Å². The molecule has 1 aliphatic rings. The Morgan fingerprint density at radius 3 is 2.35 bits per heavy atom. The zero-order valence-corrected chi connectivity index (χ0v) is 22.5. The van der Waals surface area contributed by atoms with E-state index >= 15 is 0 Å². The monoisotopic (exact) mass is 490 g/mol. The predicted octanol–water partition coefficient (Wildman–Crippen LogP) is 4.30. The summed E-state index contributed by atoms with van der Waals surface area (Å²) < 4.78 is 0. The highest BCUT2D eigenvalue weighted by Gasteiger charge is 2.36. The molecule has 2 heterocycles. The lowest BCUT2D eigenvalue weighted by Crippen LogP contribution is -2.48. The van der Waals surface area contributed by atoms with Gasteiger partial charge in [-0.3, -0.25) is 9.59 Å². The van der Waals surface area contributed by atoms with Crippen LogP contribution in [0.5, 0.6) is 0 Å². The molecular weight excluding hydrogens is 448 g/mol. The lowest BCUT2D eigenvalue weighted by atomic mass is 9.91. The van der Waals surface area contributed by atoms with Crippen LogP contribution in [0.4, 0.5) is 0 Å². The summed E-state index contributed by atoms with van der Waals surface area (Å²) in [5.41, 5.74) is 9.09. The molecule has 190 valence electrons. The van der Waals surface area contributed by atoms with E-state index in [0.717, 1.165) is 28.1 Å². The number of nitrogens with one attached hydrogen (secondary N) is 1. The molecule has 1 fully saturated rings. The second-order valence-electron chi connectivity index (χ2n) is 9.12. The third-order valence-corrected chi connectivity index (χ3v) is 6.35. The number of aryl methyl sites for hydroxylation is 1. The molecule has 3 rings (SSSR count). The minimum absolute atomic E-state index is 0.0185. The van der Waals surface area contributed by atoms with Crippen LogP contribution in [-0.4, -0.2) is 53.0 Å². The van der Waals surface area contributed by atoms with Gasteiger partial charge in [0.25, 0.3) is 0 Å². The van der Waals surface area contributed by atoms with Crippen molar-refractivity contribution in [2.75, 3.05) is 20.2 Å². The highest BCUT2D eigenvalue weighted by atomic mass is 32.1. The van der Waals surface area contributed by atoms with E-state index in [-0.39, 0.29) is 23.8 Å². The van der Waals surface area contributed by atoms with Gasteiger partial charge in [0.05, 0.1) is 28.7 Å². The molecule has 1 saturated heterocycles. The summed E-state index contributed by atoms with van der Waals surface area (Å²) in [6.07, 6.45) is 1.89.